The maximum atomic E-state index is 14.4. The predicted octanol–water partition coefficient (Wildman–Crippen LogP) is 4.23. The highest BCUT2D eigenvalue weighted by atomic mass is 19.1. The van der Waals surface area contributed by atoms with Crippen molar-refractivity contribution in [3.05, 3.63) is 54.1 Å². The highest BCUT2D eigenvalue weighted by molar-refractivity contribution is 5.98. The lowest BCUT2D eigenvalue weighted by Crippen LogP contribution is -2.32. The van der Waals surface area contributed by atoms with Gasteiger partial charge in [-0.25, -0.2) is 8.78 Å². The number of anilines is 3. The smallest absolute Gasteiger partial charge is 0.227 e. The van der Waals surface area contributed by atoms with Gasteiger partial charge in [0.2, 0.25) is 11.8 Å². The van der Waals surface area contributed by atoms with Crippen LogP contribution in [0.3, 0.4) is 0 Å². The summed E-state index contributed by atoms with van der Waals surface area (Å²) in [5, 5.41) is 11.3. The first-order chi connectivity index (χ1) is 15.0. The van der Waals surface area contributed by atoms with Crippen molar-refractivity contribution in [2.45, 2.75) is 32.1 Å². The minimum atomic E-state index is -0.722. The Morgan fingerprint density at radius 3 is 2.32 bits per heavy atom. The lowest BCUT2D eigenvalue weighted by atomic mass is 10.2. The molecule has 0 radical (unpaired) electrons. The fraction of sp³-hybridized carbons (Fsp3) is 0.348. The molecule has 8 heteroatoms. The van der Waals surface area contributed by atoms with E-state index in [1.807, 2.05) is 12.1 Å². The molecule has 0 saturated carbocycles. The molecule has 1 fully saturated rings. The van der Waals surface area contributed by atoms with Gasteiger partial charge in [0, 0.05) is 43.9 Å². The van der Waals surface area contributed by atoms with Gasteiger partial charge >= 0.3 is 0 Å². The molecule has 1 N–H and O–H groups in total. The van der Waals surface area contributed by atoms with E-state index in [1.165, 1.54) is 4.90 Å². The third-order valence-electron chi connectivity index (χ3n) is 5.11. The van der Waals surface area contributed by atoms with Crippen LogP contribution in [0.15, 0.2) is 42.5 Å². The van der Waals surface area contributed by atoms with Crippen LogP contribution in [0.25, 0.3) is 0 Å². The number of hydrogen-bond acceptors (Lipinski definition) is 4. The fourth-order valence-electron chi connectivity index (χ4n) is 3.63. The predicted molar refractivity (Wildman–Crippen MR) is 115 cm³/mol. The largest absolute Gasteiger partial charge is 0.367 e. The van der Waals surface area contributed by atoms with Gasteiger partial charge in [0.15, 0.2) is 11.6 Å². The Kier molecular flexibility index (Phi) is 7.55. The molecular weight excluding hydrogens is 402 g/mol. The van der Waals surface area contributed by atoms with Gasteiger partial charge in [0.1, 0.15) is 5.69 Å². The molecule has 0 aromatic heterocycles. The lowest BCUT2D eigenvalue weighted by molar-refractivity contribution is -0.122. The van der Waals surface area contributed by atoms with E-state index >= 15 is 0 Å². The van der Waals surface area contributed by atoms with E-state index in [0.717, 1.165) is 25.0 Å². The van der Waals surface area contributed by atoms with Crippen molar-refractivity contribution in [2.75, 3.05) is 34.8 Å². The van der Waals surface area contributed by atoms with Crippen molar-refractivity contribution < 1.29 is 18.4 Å². The number of nitrogens with one attached hydrogen (secondary N) is 1. The number of carbonyl (C=O) groups is 2. The van der Waals surface area contributed by atoms with Crippen LogP contribution < -0.4 is 15.1 Å². The Balaban J connectivity index is 1.60. The number of amides is 2. The second kappa shape index (κ2) is 10.5. The highest BCUT2D eigenvalue weighted by Gasteiger charge is 2.22. The average Bonchev–Trinajstić information content (AvgIpc) is 3.27. The third-order valence-corrected chi connectivity index (χ3v) is 5.11. The summed E-state index contributed by atoms with van der Waals surface area (Å²) in [6, 6.07) is 13.1. The summed E-state index contributed by atoms with van der Waals surface area (Å²) in [6.45, 7) is 1.42. The summed E-state index contributed by atoms with van der Waals surface area (Å²) >= 11 is 0. The van der Waals surface area contributed by atoms with Crippen molar-refractivity contribution in [1.82, 2.24) is 0 Å². The molecule has 1 aliphatic rings. The highest BCUT2D eigenvalue weighted by Crippen LogP contribution is 2.29. The molecule has 0 bridgehead atoms. The molecule has 31 heavy (non-hydrogen) atoms. The van der Waals surface area contributed by atoms with E-state index in [-0.39, 0.29) is 43.1 Å². The Morgan fingerprint density at radius 2 is 1.71 bits per heavy atom. The number of hydrogen-bond donors (Lipinski definition) is 1. The van der Waals surface area contributed by atoms with Crippen LogP contribution in [0.2, 0.25) is 0 Å². The third kappa shape index (κ3) is 5.79. The summed E-state index contributed by atoms with van der Waals surface area (Å²) in [5.41, 5.74) is 0.589. The molecule has 162 valence electrons. The van der Waals surface area contributed by atoms with Gasteiger partial charge < -0.3 is 15.1 Å². The number of para-hydroxylation sites is 1. The Morgan fingerprint density at radius 1 is 1.06 bits per heavy atom. The van der Waals surface area contributed by atoms with E-state index in [4.69, 9.17) is 5.26 Å². The average molecular weight is 426 g/mol. The van der Waals surface area contributed by atoms with Crippen LogP contribution in [0.1, 0.15) is 32.1 Å². The van der Waals surface area contributed by atoms with Crippen molar-refractivity contribution in [3.8, 4) is 6.07 Å². The SMILES string of the molecule is N#CCCN(C(=O)CCC(=O)Nc1cc(F)c(N2CCCC2)c(F)c1)c1ccccc1. The van der Waals surface area contributed by atoms with Crippen molar-refractivity contribution in [2.24, 2.45) is 0 Å². The molecule has 2 aromatic rings. The van der Waals surface area contributed by atoms with Gasteiger partial charge in [0.05, 0.1) is 12.5 Å². The standard InChI is InChI=1S/C23H24F2N4O2/c24-19-15-17(16-20(25)23(19)28-12-4-5-13-28)27-21(30)9-10-22(31)29(14-6-11-26)18-7-2-1-3-8-18/h1-3,7-8,15-16H,4-6,9-10,12-14H2,(H,27,30). The number of benzene rings is 2. The number of carbonyl (C=O) groups excluding carboxylic acids is 2. The minimum absolute atomic E-state index is 0.0137. The van der Waals surface area contributed by atoms with Crippen LogP contribution in [-0.4, -0.2) is 31.4 Å². The second-order valence-corrected chi connectivity index (χ2v) is 7.32. The van der Waals surface area contributed by atoms with E-state index in [2.05, 4.69) is 5.32 Å². The van der Waals surface area contributed by atoms with Gasteiger partial charge in [-0.1, -0.05) is 18.2 Å². The first kappa shape index (κ1) is 22.2. The van der Waals surface area contributed by atoms with Crippen molar-refractivity contribution in [3.63, 3.8) is 0 Å². The molecule has 1 heterocycles. The molecule has 0 spiro atoms. The quantitative estimate of drug-likeness (QED) is 0.685. The number of rotatable bonds is 8. The van der Waals surface area contributed by atoms with E-state index in [1.54, 1.807) is 29.2 Å². The number of nitriles is 1. The summed E-state index contributed by atoms with van der Waals surface area (Å²) in [4.78, 5) is 28.0. The van der Waals surface area contributed by atoms with Gasteiger partial charge in [-0.3, -0.25) is 9.59 Å². The molecule has 0 unspecified atom stereocenters. The molecule has 1 saturated heterocycles. The Labute approximate surface area is 180 Å². The van der Waals surface area contributed by atoms with Crippen LogP contribution >= 0.6 is 0 Å². The van der Waals surface area contributed by atoms with Crippen LogP contribution in [-0.2, 0) is 9.59 Å². The Hall–Kier alpha value is -3.47. The summed E-state index contributed by atoms with van der Waals surface area (Å²) in [6.07, 6.45) is 1.70. The zero-order valence-electron chi connectivity index (χ0n) is 17.1. The molecule has 2 aromatic carbocycles. The number of halogens is 2. The molecule has 6 nitrogen and oxygen atoms in total. The van der Waals surface area contributed by atoms with Crippen LogP contribution in [0.4, 0.5) is 25.8 Å². The maximum absolute atomic E-state index is 14.4. The lowest BCUT2D eigenvalue weighted by Gasteiger charge is -2.22. The zero-order chi connectivity index (χ0) is 22.2. The maximum Gasteiger partial charge on any atom is 0.227 e. The van der Waals surface area contributed by atoms with Gasteiger partial charge in [-0.2, -0.15) is 5.26 Å². The summed E-state index contributed by atoms with van der Waals surface area (Å²) < 4.78 is 28.8. The Bertz CT molecular complexity index is 946. The second-order valence-electron chi connectivity index (χ2n) is 7.32. The first-order valence-electron chi connectivity index (χ1n) is 10.3. The topological polar surface area (TPSA) is 76.4 Å². The van der Waals surface area contributed by atoms with E-state index < -0.39 is 17.5 Å². The molecule has 2 amide bonds. The van der Waals surface area contributed by atoms with Gasteiger partial charge in [-0.15, -0.1) is 0 Å². The monoisotopic (exact) mass is 426 g/mol. The van der Waals surface area contributed by atoms with Crippen LogP contribution in [0, 0.1) is 23.0 Å². The normalized spacial score (nSPS) is 13.0. The molecule has 0 atom stereocenters. The first-order valence-corrected chi connectivity index (χ1v) is 10.3. The molecule has 3 rings (SSSR count). The molecule has 0 aliphatic carbocycles. The zero-order valence-corrected chi connectivity index (χ0v) is 17.1. The fourth-order valence-corrected chi connectivity index (χ4v) is 3.63. The van der Waals surface area contributed by atoms with Gasteiger partial charge in [0.25, 0.3) is 0 Å². The van der Waals surface area contributed by atoms with E-state index in [0.29, 0.717) is 18.8 Å². The number of nitrogens with zero attached hydrogens (tertiary/aromatic N) is 3. The summed E-state index contributed by atoms with van der Waals surface area (Å²) in [5.74, 6) is -2.27. The summed E-state index contributed by atoms with van der Waals surface area (Å²) in [7, 11) is 0. The molecular formula is C23H24F2N4O2. The van der Waals surface area contributed by atoms with E-state index in [9.17, 15) is 18.4 Å². The van der Waals surface area contributed by atoms with Crippen molar-refractivity contribution in [1.29, 1.82) is 5.26 Å². The van der Waals surface area contributed by atoms with Gasteiger partial charge in [-0.05, 0) is 37.1 Å². The molecule has 1 aliphatic heterocycles. The van der Waals surface area contributed by atoms with Crippen molar-refractivity contribution >= 4 is 28.9 Å². The van der Waals surface area contributed by atoms with Crippen LogP contribution in [0.5, 0.6) is 0 Å². The minimum Gasteiger partial charge on any atom is -0.367 e.